The summed E-state index contributed by atoms with van der Waals surface area (Å²) < 4.78 is 39.5. The minimum absolute atomic E-state index is 0.0878. The lowest BCUT2D eigenvalue weighted by Crippen LogP contribution is -2.45. The predicted molar refractivity (Wildman–Crippen MR) is 79.2 cm³/mol. The van der Waals surface area contributed by atoms with E-state index in [2.05, 4.69) is 26.1 Å². The normalized spacial score (nSPS) is 23.5. The molecule has 21 heavy (non-hydrogen) atoms. The monoisotopic (exact) mass is 299 g/mol. The predicted octanol–water partition coefficient (Wildman–Crippen LogP) is 4.81. The maximum Gasteiger partial charge on any atom is 0.416 e. The number of benzene rings is 1. The quantitative estimate of drug-likeness (QED) is 0.845. The summed E-state index contributed by atoms with van der Waals surface area (Å²) in [4.78, 5) is 0. The second-order valence-electron chi connectivity index (χ2n) is 7.38. The first-order valence-electron chi connectivity index (χ1n) is 7.52. The van der Waals surface area contributed by atoms with Crippen LogP contribution in [0, 0.1) is 5.41 Å². The van der Waals surface area contributed by atoms with Crippen LogP contribution in [0.4, 0.5) is 13.2 Å². The van der Waals surface area contributed by atoms with Crippen LogP contribution in [-0.2, 0) is 12.6 Å². The van der Waals surface area contributed by atoms with Crippen LogP contribution in [0.1, 0.15) is 51.2 Å². The van der Waals surface area contributed by atoms with Crippen molar-refractivity contribution in [2.24, 2.45) is 5.41 Å². The van der Waals surface area contributed by atoms with Gasteiger partial charge < -0.3 is 5.32 Å². The van der Waals surface area contributed by atoms with Gasteiger partial charge in [0.25, 0.3) is 0 Å². The molecule has 1 aromatic carbocycles. The number of hydrogen-bond acceptors (Lipinski definition) is 1. The van der Waals surface area contributed by atoms with Crippen LogP contribution in [0.25, 0.3) is 0 Å². The van der Waals surface area contributed by atoms with Crippen LogP contribution < -0.4 is 5.32 Å². The molecule has 1 saturated heterocycles. The highest BCUT2D eigenvalue weighted by Crippen LogP contribution is 2.39. The summed E-state index contributed by atoms with van der Waals surface area (Å²) in [6.07, 6.45) is -0.981. The van der Waals surface area contributed by atoms with Gasteiger partial charge in [-0.2, -0.15) is 13.2 Å². The fourth-order valence-corrected chi connectivity index (χ4v) is 3.56. The number of alkyl halides is 3. The Morgan fingerprint density at radius 2 is 1.81 bits per heavy atom. The molecule has 1 nitrogen and oxygen atoms in total. The van der Waals surface area contributed by atoms with E-state index in [1.165, 1.54) is 12.1 Å². The smallest absolute Gasteiger partial charge is 0.311 e. The number of halogens is 3. The van der Waals surface area contributed by atoms with Crippen molar-refractivity contribution in [3.05, 3.63) is 35.4 Å². The molecule has 1 N–H and O–H groups in total. The molecule has 0 aromatic heterocycles. The second kappa shape index (κ2) is 5.64. The minimum Gasteiger partial charge on any atom is -0.311 e. The zero-order valence-corrected chi connectivity index (χ0v) is 13.0. The van der Waals surface area contributed by atoms with Crippen molar-refractivity contribution < 1.29 is 13.2 Å². The summed E-state index contributed by atoms with van der Waals surface area (Å²) in [6.45, 7) is 7.32. The van der Waals surface area contributed by atoms with Crippen LogP contribution in [0.3, 0.4) is 0 Å². The fraction of sp³-hybridized carbons (Fsp3) is 0.647. The van der Waals surface area contributed by atoms with Gasteiger partial charge in [-0.1, -0.05) is 39.0 Å². The van der Waals surface area contributed by atoms with Gasteiger partial charge in [0.15, 0.2) is 0 Å². The van der Waals surface area contributed by atoms with Crippen LogP contribution in [-0.4, -0.2) is 12.1 Å². The van der Waals surface area contributed by atoms with Gasteiger partial charge in [0.1, 0.15) is 0 Å². The topological polar surface area (TPSA) is 12.0 Å². The van der Waals surface area contributed by atoms with Crippen molar-refractivity contribution in [3.8, 4) is 0 Å². The van der Waals surface area contributed by atoms with E-state index in [4.69, 9.17) is 0 Å². The lowest BCUT2D eigenvalue weighted by atomic mass is 9.75. The third-order valence-corrected chi connectivity index (χ3v) is 4.05. The molecule has 0 saturated carbocycles. The molecule has 1 atom stereocenters. The van der Waals surface area contributed by atoms with Crippen LogP contribution in [0.5, 0.6) is 0 Å². The van der Waals surface area contributed by atoms with Crippen molar-refractivity contribution in [2.75, 3.05) is 6.54 Å². The molecule has 0 spiro atoms. The highest BCUT2D eigenvalue weighted by molar-refractivity contribution is 5.31. The van der Waals surface area contributed by atoms with Crippen LogP contribution >= 0.6 is 0 Å². The Kier molecular flexibility index (Phi) is 4.39. The summed E-state index contributed by atoms with van der Waals surface area (Å²) in [5.74, 6) is 0. The molecular formula is C17H24F3N. The van der Waals surface area contributed by atoms with E-state index in [9.17, 15) is 13.2 Å². The Bertz CT molecular complexity index is 480. The van der Waals surface area contributed by atoms with E-state index in [1.54, 1.807) is 12.1 Å². The van der Waals surface area contributed by atoms with E-state index >= 15 is 0 Å². The van der Waals surface area contributed by atoms with Gasteiger partial charge in [0, 0.05) is 5.54 Å². The zero-order valence-electron chi connectivity index (χ0n) is 13.0. The largest absolute Gasteiger partial charge is 0.416 e. The lowest BCUT2D eigenvalue weighted by Gasteiger charge is -2.36. The molecule has 0 amide bonds. The average Bonchev–Trinajstić information content (AvgIpc) is 2.74. The molecular weight excluding hydrogens is 275 g/mol. The van der Waals surface area contributed by atoms with Crippen molar-refractivity contribution in [2.45, 2.75) is 58.2 Å². The molecule has 0 bridgehead atoms. The van der Waals surface area contributed by atoms with Gasteiger partial charge in [-0.15, -0.1) is 0 Å². The van der Waals surface area contributed by atoms with Crippen molar-refractivity contribution in [3.63, 3.8) is 0 Å². The maximum absolute atomic E-state index is 13.2. The van der Waals surface area contributed by atoms with Crippen LogP contribution in [0.15, 0.2) is 24.3 Å². The Morgan fingerprint density at radius 1 is 1.14 bits per heavy atom. The number of hydrogen-bond donors (Lipinski definition) is 1. The Labute approximate surface area is 124 Å². The van der Waals surface area contributed by atoms with E-state index in [1.807, 2.05) is 0 Å². The molecule has 1 heterocycles. The standard InChI is InChI=1S/C17H24F3N/c1-15(2,3)12-16(9-6-10-21-16)11-13-7-4-5-8-14(13)17(18,19)20/h4-5,7-8,21H,6,9-12H2,1-3H3. The van der Waals surface area contributed by atoms with Crippen molar-refractivity contribution >= 4 is 0 Å². The summed E-state index contributed by atoms with van der Waals surface area (Å²) in [7, 11) is 0. The Morgan fingerprint density at radius 3 is 2.33 bits per heavy atom. The summed E-state index contributed by atoms with van der Waals surface area (Å²) in [6, 6.07) is 5.97. The molecule has 1 aliphatic rings. The van der Waals surface area contributed by atoms with E-state index < -0.39 is 11.7 Å². The minimum atomic E-state index is -4.28. The van der Waals surface area contributed by atoms with Crippen molar-refractivity contribution in [1.29, 1.82) is 0 Å². The first-order chi connectivity index (χ1) is 9.61. The molecule has 4 heteroatoms. The second-order valence-corrected chi connectivity index (χ2v) is 7.38. The van der Waals surface area contributed by atoms with Gasteiger partial charge in [0.2, 0.25) is 0 Å². The summed E-state index contributed by atoms with van der Waals surface area (Å²) in [5.41, 5.74) is -0.208. The number of nitrogens with one attached hydrogen (secondary N) is 1. The summed E-state index contributed by atoms with van der Waals surface area (Å²) in [5, 5.41) is 3.49. The third-order valence-electron chi connectivity index (χ3n) is 4.05. The zero-order chi connectivity index (χ0) is 15.7. The Hall–Kier alpha value is -1.03. The van der Waals surface area contributed by atoms with Crippen LogP contribution in [0.2, 0.25) is 0 Å². The highest BCUT2D eigenvalue weighted by atomic mass is 19.4. The molecule has 1 unspecified atom stereocenters. The first kappa shape index (κ1) is 16.3. The molecule has 0 radical (unpaired) electrons. The van der Waals surface area contributed by atoms with E-state index in [0.717, 1.165) is 25.8 Å². The fourth-order valence-electron chi connectivity index (χ4n) is 3.56. The SMILES string of the molecule is CC(C)(C)CC1(Cc2ccccc2C(F)(F)F)CCCN1. The molecule has 2 rings (SSSR count). The number of rotatable bonds is 3. The summed E-state index contributed by atoms with van der Waals surface area (Å²) >= 11 is 0. The average molecular weight is 299 g/mol. The van der Waals surface area contributed by atoms with Crippen molar-refractivity contribution in [1.82, 2.24) is 5.32 Å². The molecule has 118 valence electrons. The highest BCUT2D eigenvalue weighted by Gasteiger charge is 2.40. The molecule has 1 fully saturated rings. The van der Waals surface area contributed by atoms with Gasteiger partial charge in [-0.05, 0) is 49.3 Å². The van der Waals surface area contributed by atoms with Gasteiger partial charge in [0.05, 0.1) is 5.56 Å². The van der Waals surface area contributed by atoms with E-state index in [0.29, 0.717) is 12.0 Å². The molecule has 1 aromatic rings. The Balaban J connectivity index is 2.30. The van der Waals surface area contributed by atoms with E-state index in [-0.39, 0.29) is 11.0 Å². The maximum atomic E-state index is 13.2. The van der Waals surface area contributed by atoms with Gasteiger partial charge in [-0.3, -0.25) is 0 Å². The van der Waals surface area contributed by atoms with Gasteiger partial charge >= 0.3 is 6.18 Å². The first-order valence-corrected chi connectivity index (χ1v) is 7.52. The molecule has 0 aliphatic carbocycles. The third kappa shape index (κ3) is 4.22. The van der Waals surface area contributed by atoms with Gasteiger partial charge in [-0.25, -0.2) is 0 Å². The molecule has 1 aliphatic heterocycles. The lowest BCUT2D eigenvalue weighted by molar-refractivity contribution is -0.138.